The maximum Gasteiger partial charge on any atom is 0.343 e. The molecule has 33 heavy (non-hydrogen) atoms. The Morgan fingerprint density at radius 1 is 0.970 bits per heavy atom. The van der Waals surface area contributed by atoms with Crippen LogP contribution < -0.4 is 14.5 Å². The number of anilines is 2. The smallest absolute Gasteiger partial charge is 0.343 e. The minimum atomic E-state index is -4.16. The average Bonchev–Trinajstić information content (AvgIpc) is 2.75. The number of hydrogen-bond acceptors (Lipinski definition) is 4. The van der Waals surface area contributed by atoms with Gasteiger partial charge in [0.1, 0.15) is 11.4 Å². The van der Waals surface area contributed by atoms with Crippen molar-refractivity contribution >= 4 is 44.9 Å². The third-order valence-electron chi connectivity index (χ3n) is 5.26. The summed E-state index contributed by atoms with van der Waals surface area (Å²) in [4.78, 5) is 27.3. The fourth-order valence-electron chi connectivity index (χ4n) is 3.82. The lowest BCUT2D eigenvalue weighted by Gasteiger charge is -2.36. The van der Waals surface area contributed by atoms with Gasteiger partial charge < -0.3 is 5.32 Å². The standard InChI is InChI=1S/C24H22ClN3O4S/c1-16-11-17(2)13-19(12-16)28-24(30)27(21-9-5-6-10-22(21)33(28,31)32)15-23(29)26-14-18-7-3-4-8-20(18)25/h3-13H,14-15H2,1-2H3,(H,26,29). The van der Waals surface area contributed by atoms with Crippen LogP contribution in [0, 0.1) is 13.8 Å². The summed E-state index contributed by atoms with van der Waals surface area (Å²) in [5.74, 6) is -0.447. The molecule has 0 saturated heterocycles. The predicted molar refractivity (Wildman–Crippen MR) is 128 cm³/mol. The second kappa shape index (κ2) is 8.88. The highest BCUT2D eigenvalue weighted by molar-refractivity contribution is 7.94. The van der Waals surface area contributed by atoms with Crippen LogP contribution in [0.3, 0.4) is 0 Å². The van der Waals surface area contributed by atoms with Crippen molar-refractivity contribution < 1.29 is 18.0 Å². The van der Waals surface area contributed by atoms with Crippen molar-refractivity contribution in [2.24, 2.45) is 0 Å². The Balaban J connectivity index is 1.68. The zero-order valence-corrected chi connectivity index (χ0v) is 19.7. The fraction of sp³-hybridized carbons (Fsp3) is 0.167. The summed E-state index contributed by atoms with van der Waals surface area (Å²) in [5.41, 5.74) is 2.76. The van der Waals surface area contributed by atoms with Crippen LogP contribution in [0.2, 0.25) is 5.02 Å². The van der Waals surface area contributed by atoms with E-state index in [0.717, 1.165) is 21.0 Å². The zero-order chi connectivity index (χ0) is 23.8. The molecule has 1 aliphatic rings. The first kappa shape index (κ1) is 22.8. The summed E-state index contributed by atoms with van der Waals surface area (Å²) in [6.45, 7) is 3.48. The first-order valence-corrected chi connectivity index (χ1v) is 12.0. The molecule has 9 heteroatoms. The number of para-hydroxylation sites is 1. The van der Waals surface area contributed by atoms with Crippen LogP contribution in [0.5, 0.6) is 0 Å². The van der Waals surface area contributed by atoms with Crippen LogP contribution in [0.15, 0.2) is 71.6 Å². The van der Waals surface area contributed by atoms with Gasteiger partial charge >= 0.3 is 6.03 Å². The monoisotopic (exact) mass is 483 g/mol. The van der Waals surface area contributed by atoms with E-state index in [4.69, 9.17) is 11.6 Å². The van der Waals surface area contributed by atoms with Gasteiger partial charge in [-0.3, -0.25) is 9.69 Å². The van der Waals surface area contributed by atoms with E-state index < -0.39 is 22.0 Å². The van der Waals surface area contributed by atoms with Gasteiger partial charge in [0.15, 0.2) is 0 Å². The van der Waals surface area contributed by atoms with Crippen molar-refractivity contribution in [2.75, 3.05) is 15.7 Å². The Morgan fingerprint density at radius 2 is 1.61 bits per heavy atom. The molecule has 0 fully saturated rings. The lowest BCUT2D eigenvalue weighted by atomic mass is 10.1. The fourth-order valence-corrected chi connectivity index (χ4v) is 5.60. The molecule has 0 aliphatic carbocycles. The number of amides is 3. The zero-order valence-electron chi connectivity index (χ0n) is 18.1. The summed E-state index contributed by atoms with van der Waals surface area (Å²) < 4.78 is 27.5. The molecule has 0 unspecified atom stereocenters. The molecule has 0 bridgehead atoms. The maximum atomic E-state index is 13.5. The predicted octanol–water partition coefficient (Wildman–Crippen LogP) is 4.41. The van der Waals surface area contributed by atoms with Crippen molar-refractivity contribution in [1.29, 1.82) is 0 Å². The van der Waals surface area contributed by atoms with Gasteiger partial charge in [-0.05, 0) is 60.9 Å². The third-order valence-corrected chi connectivity index (χ3v) is 7.37. The minimum Gasteiger partial charge on any atom is -0.350 e. The molecule has 0 atom stereocenters. The van der Waals surface area contributed by atoms with Gasteiger partial charge in [-0.15, -0.1) is 0 Å². The maximum absolute atomic E-state index is 13.5. The number of nitrogens with one attached hydrogen (secondary N) is 1. The van der Waals surface area contributed by atoms with Crippen molar-refractivity contribution in [1.82, 2.24) is 5.32 Å². The molecular formula is C24H22ClN3O4S. The highest BCUT2D eigenvalue weighted by atomic mass is 35.5. The Hall–Kier alpha value is -3.36. The molecule has 0 aromatic heterocycles. The number of nitrogens with zero attached hydrogens (tertiary/aromatic N) is 2. The minimum absolute atomic E-state index is 0.0392. The van der Waals surface area contributed by atoms with Crippen LogP contribution in [0.1, 0.15) is 16.7 Å². The molecule has 1 aliphatic heterocycles. The normalized spacial score (nSPS) is 14.7. The number of rotatable bonds is 5. The number of sulfonamides is 1. The highest BCUT2D eigenvalue weighted by Gasteiger charge is 2.43. The van der Waals surface area contributed by atoms with Crippen molar-refractivity contribution in [3.8, 4) is 0 Å². The summed E-state index contributed by atoms with van der Waals surface area (Å²) in [7, 11) is -4.16. The Kier molecular flexibility index (Phi) is 6.14. The number of halogens is 1. The molecule has 0 saturated carbocycles. The summed E-state index contributed by atoms with van der Waals surface area (Å²) in [5, 5.41) is 3.26. The van der Waals surface area contributed by atoms with E-state index >= 15 is 0 Å². The SMILES string of the molecule is Cc1cc(C)cc(N2C(=O)N(CC(=O)NCc3ccccc3Cl)c3ccccc3S2(=O)=O)c1. The molecule has 4 rings (SSSR count). The number of carbonyl (C=O) groups excluding carboxylic acids is 2. The topological polar surface area (TPSA) is 86.8 Å². The van der Waals surface area contributed by atoms with E-state index in [1.807, 2.05) is 26.0 Å². The molecule has 3 aromatic rings. The third kappa shape index (κ3) is 4.44. The van der Waals surface area contributed by atoms with Gasteiger partial charge in [-0.2, -0.15) is 4.31 Å². The van der Waals surface area contributed by atoms with Gasteiger partial charge in [0, 0.05) is 11.6 Å². The van der Waals surface area contributed by atoms with E-state index in [9.17, 15) is 18.0 Å². The van der Waals surface area contributed by atoms with E-state index in [2.05, 4.69) is 5.32 Å². The number of benzene rings is 3. The number of carbonyl (C=O) groups is 2. The highest BCUT2D eigenvalue weighted by Crippen LogP contribution is 2.37. The number of urea groups is 1. The quantitative estimate of drug-likeness (QED) is 0.582. The Bertz CT molecular complexity index is 1340. The Morgan fingerprint density at radius 3 is 2.30 bits per heavy atom. The molecule has 3 amide bonds. The number of aryl methyl sites for hydroxylation is 2. The van der Waals surface area contributed by atoms with E-state index in [1.54, 1.807) is 42.5 Å². The largest absolute Gasteiger partial charge is 0.350 e. The summed E-state index contributed by atoms with van der Waals surface area (Å²) >= 11 is 6.14. The molecular weight excluding hydrogens is 462 g/mol. The molecule has 170 valence electrons. The van der Waals surface area contributed by atoms with Crippen molar-refractivity contribution in [3.63, 3.8) is 0 Å². The van der Waals surface area contributed by atoms with E-state index in [1.165, 1.54) is 17.0 Å². The van der Waals surface area contributed by atoms with Crippen molar-refractivity contribution in [2.45, 2.75) is 25.3 Å². The Labute approximate surface area is 197 Å². The van der Waals surface area contributed by atoms with E-state index in [0.29, 0.717) is 5.02 Å². The molecule has 0 spiro atoms. The van der Waals surface area contributed by atoms with E-state index in [-0.39, 0.29) is 29.4 Å². The first-order chi connectivity index (χ1) is 15.7. The van der Waals surface area contributed by atoms with Crippen molar-refractivity contribution in [3.05, 3.63) is 88.4 Å². The summed E-state index contributed by atoms with van der Waals surface area (Å²) in [6, 6.07) is 17.6. The van der Waals surface area contributed by atoms with Gasteiger partial charge in [0.05, 0.1) is 11.4 Å². The number of fused-ring (bicyclic) bond motifs is 1. The molecule has 7 nitrogen and oxygen atoms in total. The van der Waals surface area contributed by atoms with Gasteiger partial charge in [0.2, 0.25) is 5.91 Å². The van der Waals surface area contributed by atoms with Gasteiger partial charge in [0.25, 0.3) is 10.0 Å². The van der Waals surface area contributed by atoms with Gasteiger partial charge in [-0.25, -0.2) is 13.2 Å². The van der Waals surface area contributed by atoms with Crippen LogP contribution in [0.4, 0.5) is 16.2 Å². The first-order valence-electron chi connectivity index (χ1n) is 10.2. The molecule has 1 heterocycles. The second-order valence-electron chi connectivity index (χ2n) is 7.82. The molecule has 0 radical (unpaired) electrons. The summed E-state index contributed by atoms with van der Waals surface area (Å²) in [6.07, 6.45) is 0. The lowest BCUT2D eigenvalue weighted by molar-refractivity contribution is -0.119. The lowest BCUT2D eigenvalue weighted by Crippen LogP contribution is -2.53. The van der Waals surface area contributed by atoms with Crippen LogP contribution >= 0.6 is 11.6 Å². The van der Waals surface area contributed by atoms with Crippen LogP contribution in [-0.4, -0.2) is 26.9 Å². The van der Waals surface area contributed by atoms with Gasteiger partial charge in [-0.1, -0.05) is 48.0 Å². The molecule has 1 N–H and O–H groups in total. The average molecular weight is 484 g/mol. The second-order valence-corrected chi connectivity index (χ2v) is 9.98. The van der Waals surface area contributed by atoms with Crippen LogP contribution in [0.25, 0.3) is 0 Å². The molecule has 3 aromatic carbocycles. The van der Waals surface area contributed by atoms with Crippen LogP contribution in [-0.2, 0) is 21.4 Å². The number of hydrogen-bond donors (Lipinski definition) is 1.